The summed E-state index contributed by atoms with van der Waals surface area (Å²) < 4.78 is 32.7. The largest absolute Gasteiger partial charge is 0.492 e. The van der Waals surface area contributed by atoms with Gasteiger partial charge in [0.1, 0.15) is 12.4 Å². The van der Waals surface area contributed by atoms with Crippen molar-refractivity contribution in [2.75, 3.05) is 43.4 Å². The van der Waals surface area contributed by atoms with E-state index in [2.05, 4.69) is 63.1 Å². The van der Waals surface area contributed by atoms with Crippen LogP contribution in [0.5, 0.6) is 5.75 Å². The van der Waals surface area contributed by atoms with Gasteiger partial charge in [0.25, 0.3) is 0 Å². The Morgan fingerprint density at radius 1 is 1.10 bits per heavy atom. The zero-order chi connectivity index (χ0) is 21.4. The lowest BCUT2D eigenvalue weighted by Gasteiger charge is -2.46. The summed E-state index contributed by atoms with van der Waals surface area (Å²) in [6.07, 6.45) is 2.27. The van der Waals surface area contributed by atoms with E-state index in [1.54, 1.807) is 6.92 Å². The number of nitrogens with zero attached hydrogens (tertiary/aromatic N) is 2. The fourth-order valence-electron chi connectivity index (χ4n) is 4.90. The van der Waals surface area contributed by atoms with E-state index < -0.39 is 10.0 Å². The molecule has 0 aromatic heterocycles. The molecular formula is C24H31N3O3S. The van der Waals surface area contributed by atoms with Crippen molar-refractivity contribution in [2.24, 2.45) is 0 Å². The highest BCUT2D eigenvalue weighted by atomic mass is 32.2. The summed E-state index contributed by atoms with van der Waals surface area (Å²) in [6.45, 7) is 6.13. The smallest absolute Gasteiger partial charge is 0.211 e. The number of hydrogen-bond acceptors (Lipinski definition) is 5. The van der Waals surface area contributed by atoms with E-state index >= 15 is 0 Å². The molecule has 2 unspecified atom stereocenters. The number of anilines is 1. The average Bonchev–Trinajstić information content (AvgIpc) is 2.71. The van der Waals surface area contributed by atoms with Gasteiger partial charge in [0, 0.05) is 30.3 Å². The second kappa shape index (κ2) is 8.45. The molecule has 3 heterocycles. The van der Waals surface area contributed by atoms with Crippen LogP contribution in [0.15, 0.2) is 48.5 Å². The minimum atomic E-state index is -3.16. The minimum Gasteiger partial charge on any atom is -0.492 e. The van der Waals surface area contributed by atoms with Crippen LogP contribution in [0.25, 0.3) is 0 Å². The van der Waals surface area contributed by atoms with Crippen molar-refractivity contribution in [1.82, 2.24) is 9.62 Å². The van der Waals surface area contributed by atoms with E-state index in [1.165, 1.54) is 17.5 Å². The number of sulfonamides is 1. The molecule has 6 nitrogen and oxygen atoms in total. The lowest BCUT2D eigenvalue weighted by molar-refractivity contribution is 0.0502. The Bertz CT molecular complexity index is 1020. The third kappa shape index (κ3) is 4.31. The zero-order valence-corrected chi connectivity index (χ0v) is 18.9. The summed E-state index contributed by atoms with van der Waals surface area (Å²) in [7, 11) is -3.16. The molecule has 2 aromatic carbocycles. The first-order chi connectivity index (χ1) is 15.0. The molecule has 1 N–H and O–H groups in total. The fourth-order valence-corrected chi connectivity index (χ4v) is 5.72. The van der Waals surface area contributed by atoms with Crippen LogP contribution in [0.3, 0.4) is 0 Å². The van der Waals surface area contributed by atoms with Crippen LogP contribution < -0.4 is 14.4 Å². The van der Waals surface area contributed by atoms with Gasteiger partial charge in [-0.05, 0) is 56.6 Å². The Morgan fingerprint density at radius 3 is 2.55 bits per heavy atom. The third-order valence-corrected chi connectivity index (χ3v) is 8.35. The van der Waals surface area contributed by atoms with Gasteiger partial charge >= 0.3 is 0 Å². The molecule has 0 bridgehead atoms. The number of rotatable bonds is 7. The van der Waals surface area contributed by atoms with Gasteiger partial charge in [-0.25, -0.2) is 13.1 Å². The van der Waals surface area contributed by atoms with Crippen molar-refractivity contribution >= 4 is 15.7 Å². The quantitative estimate of drug-likeness (QED) is 0.716. The van der Waals surface area contributed by atoms with Gasteiger partial charge < -0.3 is 9.64 Å². The van der Waals surface area contributed by atoms with Gasteiger partial charge in [0.15, 0.2) is 0 Å². The highest BCUT2D eigenvalue weighted by Crippen LogP contribution is 2.41. The van der Waals surface area contributed by atoms with Crippen LogP contribution in [0, 0.1) is 0 Å². The molecule has 0 spiro atoms. The van der Waals surface area contributed by atoms with Gasteiger partial charge in [-0.3, -0.25) is 4.90 Å². The van der Waals surface area contributed by atoms with Gasteiger partial charge in [-0.1, -0.05) is 30.3 Å². The molecule has 0 radical (unpaired) electrons. The van der Waals surface area contributed by atoms with Crippen LogP contribution in [0.1, 0.15) is 30.4 Å². The van der Waals surface area contributed by atoms with Crippen molar-refractivity contribution < 1.29 is 13.2 Å². The van der Waals surface area contributed by atoms with Crippen molar-refractivity contribution in [1.29, 1.82) is 0 Å². The Hall–Kier alpha value is -2.09. The summed E-state index contributed by atoms with van der Waals surface area (Å²) in [6, 6.07) is 17.6. The molecule has 5 rings (SSSR count). The molecule has 2 aromatic rings. The summed E-state index contributed by atoms with van der Waals surface area (Å²) in [5.41, 5.74) is 3.79. The first-order valence-electron chi connectivity index (χ1n) is 11.3. The van der Waals surface area contributed by atoms with Crippen molar-refractivity contribution in [3.8, 4) is 5.75 Å². The molecule has 7 heteroatoms. The van der Waals surface area contributed by atoms with Crippen LogP contribution in [-0.4, -0.2) is 63.9 Å². The summed E-state index contributed by atoms with van der Waals surface area (Å²) >= 11 is 0. The third-order valence-electron chi connectivity index (χ3n) is 6.90. The SMILES string of the molecule is CCS(=O)(=O)NC1CN(c2ccc3c(c2)C(Cc2ccccc2)C(N2CCC2)CO3)C1. The Morgan fingerprint density at radius 2 is 1.87 bits per heavy atom. The van der Waals surface area contributed by atoms with Crippen LogP contribution in [0.4, 0.5) is 5.69 Å². The fraction of sp³-hybridized carbons (Fsp3) is 0.500. The number of likely N-dealkylation sites (tertiary alicyclic amines) is 1. The van der Waals surface area contributed by atoms with Crippen molar-refractivity contribution in [3.05, 3.63) is 59.7 Å². The van der Waals surface area contributed by atoms with Gasteiger partial charge in [-0.15, -0.1) is 0 Å². The number of ether oxygens (including phenoxy) is 1. The van der Waals surface area contributed by atoms with E-state index in [0.717, 1.165) is 37.6 Å². The lowest BCUT2D eigenvalue weighted by atomic mass is 9.82. The molecule has 3 aliphatic rings. The summed E-state index contributed by atoms with van der Waals surface area (Å²) in [5.74, 6) is 1.51. The second-order valence-corrected chi connectivity index (χ2v) is 11.0. The maximum Gasteiger partial charge on any atom is 0.211 e. The average molecular weight is 442 g/mol. The predicted molar refractivity (Wildman–Crippen MR) is 123 cm³/mol. The standard InChI is InChI=1S/C24H31N3O3S/c1-2-31(28,29)25-19-15-27(16-19)20-9-10-24-22(14-20)21(13-18-7-4-3-5-8-18)23(17-30-24)26-11-6-12-26/h3-5,7-10,14,19,21,23,25H,2,6,11-13,15-17H2,1H3. The topological polar surface area (TPSA) is 61.9 Å². The predicted octanol–water partition coefficient (Wildman–Crippen LogP) is 2.61. The molecule has 3 aliphatic heterocycles. The molecule has 0 aliphatic carbocycles. The van der Waals surface area contributed by atoms with E-state index in [9.17, 15) is 8.42 Å². The number of fused-ring (bicyclic) bond motifs is 1. The maximum absolute atomic E-state index is 11.8. The molecule has 2 atom stereocenters. The molecule has 31 heavy (non-hydrogen) atoms. The molecule has 2 saturated heterocycles. The van der Waals surface area contributed by atoms with Crippen molar-refractivity contribution in [2.45, 2.75) is 37.8 Å². The second-order valence-electron chi connectivity index (χ2n) is 8.91. The maximum atomic E-state index is 11.8. The normalized spacial score (nSPS) is 24.1. The first kappa shape index (κ1) is 20.8. The minimum absolute atomic E-state index is 0.00816. The Balaban J connectivity index is 1.37. The summed E-state index contributed by atoms with van der Waals surface area (Å²) in [5, 5.41) is 0. The van der Waals surface area contributed by atoms with Crippen LogP contribution >= 0.6 is 0 Å². The van der Waals surface area contributed by atoms with Gasteiger partial charge in [0.05, 0.1) is 17.8 Å². The van der Waals surface area contributed by atoms with E-state index in [0.29, 0.717) is 25.0 Å². The van der Waals surface area contributed by atoms with E-state index in [-0.39, 0.29) is 11.8 Å². The highest BCUT2D eigenvalue weighted by Gasteiger charge is 2.38. The van der Waals surface area contributed by atoms with Crippen molar-refractivity contribution in [3.63, 3.8) is 0 Å². The molecular weight excluding hydrogens is 410 g/mol. The summed E-state index contributed by atoms with van der Waals surface area (Å²) in [4.78, 5) is 4.80. The number of benzene rings is 2. The first-order valence-corrected chi connectivity index (χ1v) is 13.0. The van der Waals surface area contributed by atoms with Crippen LogP contribution in [-0.2, 0) is 16.4 Å². The van der Waals surface area contributed by atoms with Crippen LogP contribution in [0.2, 0.25) is 0 Å². The number of nitrogens with one attached hydrogen (secondary N) is 1. The van der Waals surface area contributed by atoms with Gasteiger partial charge in [-0.2, -0.15) is 0 Å². The molecule has 0 saturated carbocycles. The highest BCUT2D eigenvalue weighted by molar-refractivity contribution is 7.89. The Kier molecular flexibility index (Phi) is 5.67. The zero-order valence-electron chi connectivity index (χ0n) is 18.0. The molecule has 166 valence electrons. The lowest BCUT2D eigenvalue weighted by Crippen LogP contribution is -2.59. The molecule has 2 fully saturated rings. The molecule has 0 amide bonds. The Labute approximate surface area is 185 Å². The van der Waals surface area contributed by atoms with E-state index in [4.69, 9.17) is 4.74 Å². The van der Waals surface area contributed by atoms with E-state index in [1.807, 2.05) is 0 Å². The number of hydrogen-bond donors (Lipinski definition) is 1. The monoisotopic (exact) mass is 441 g/mol. The van der Waals surface area contributed by atoms with Gasteiger partial charge in [0.2, 0.25) is 10.0 Å².